The normalized spacial score (nSPS) is 14.6. The molecule has 0 saturated heterocycles. The highest BCUT2D eigenvalue weighted by molar-refractivity contribution is 5.69. The van der Waals surface area contributed by atoms with Crippen molar-refractivity contribution in [3.63, 3.8) is 0 Å². The van der Waals surface area contributed by atoms with E-state index in [-0.39, 0.29) is 25.6 Å². The molecule has 7 heteroatoms. The van der Waals surface area contributed by atoms with Crippen LogP contribution in [-0.4, -0.2) is 58.8 Å². The van der Waals surface area contributed by atoms with Crippen LogP contribution in [0.15, 0.2) is 72.9 Å². The van der Waals surface area contributed by atoms with Crippen molar-refractivity contribution >= 4 is 11.9 Å². The second-order valence-corrected chi connectivity index (χ2v) is 11.0. The Kier molecular flexibility index (Phi) is 29.7. The molecule has 250 valence electrons. The highest BCUT2D eigenvalue weighted by Gasteiger charge is 2.12. The molecule has 44 heavy (non-hydrogen) atoms. The molecule has 0 rings (SSSR count). The van der Waals surface area contributed by atoms with Crippen LogP contribution >= 0.6 is 0 Å². The average molecular weight is 617 g/mol. The number of ether oxygens (including phenoxy) is 2. The standard InChI is InChI=1S/C37H60O7/c1-3-5-7-8-9-10-14-17-23-29-36(41)43-31-35(40)32-44-37(42)30-24-18-22-28-34(39)27-21-16-13-11-12-15-20-26-33(38)25-19-6-4-2/h6,12-13,15-16,19-22,26-28,33-35,38-40H,3-5,7-11,14,17-18,23-25,29-32H2,1-2H3/b15-12-,16-13-,19-6-,26-20+,27-21+,28-22-/t33-,34-,35+/m1/s1. The highest BCUT2D eigenvalue weighted by atomic mass is 16.6. The van der Waals surface area contributed by atoms with Gasteiger partial charge in [0.25, 0.3) is 0 Å². The van der Waals surface area contributed by atoms with Crippen LogP contribution in [0.1, 0.15) is 117 Å². The smallest absolute Gasteiger partial charge is 0.305 e. The molecule has 0 aliphatic carbocycles. The zero-order chi connectivity index (χ0) is 32.5. The summed E-state index contributed by atoms with van der Waals surface area (Å²) in [5, 5.41) is 29.7. The zero-order valence-corrected chi connectivity index (χ0v) is 27.4. The SMILES string of the molecule is CC/C=C\C[C@@H](O)/C=C/C=C\C/C=C\C=C\[C@@H](O)/C=C\CCCC(=O)OC[C@@H](O)COC(=O)CCCCCCCCCCC. The summed E-state index contributed by atoms with van der Waals surface area (Å²) in [5.74, 6) is -0.753. The number of rotatable bonds is 28. The molecule has 3 atom stereocenters. The molecule has 0 heterocycles. The molecule has 3 N–H and O–H groups in total. The van der Waals surface area contributed by atoms with E-state index < -0.39 is 24.3 Å². The number of unbranched alkanes of at least 4 members (excludes halogenated alkanes) is 9. The van der Waals surface area contributed by atoms with Gasteiger partial charge >= 0.3 is 11.9 Å². The Labute approximate surface area is 267 Å². The quantitative estimate of drug-likeness (QED) is 0.0356. The van der Waals surface area contributed by atoms with Crippen molar-refractivity contribution in [2.24, 2.45) is 0 Å². The van der Waals surface area contributed by atoms with Gasteiger partial charge in [-0.1, -0.05) is 138 Å². The Balaban J connectivity index is 3.82. The summed E-state index contributed by atoms with van der Waals surface area (Å²) < 4.78 is 10.2. The average Bonchev–Trinajstić information content (AvgIpc) is 3.01. The fraction of sp³-hybridized carbons (Fsp3) is 0.622. The van der Waals surface area contributed by atoms with E-state index >= 15 is 0 Å². The van der Waals surface area contributed by atoms with Crippen LogP contribution in [0.5, 0.6) is 0 Å². The summed E-state index contributed by atoms with van der Waals surface area (Å²) in [4.78, 5) is 23.7. The number of carbonyl (C=O) groups excluding carboxylic acids is 2. The highest BCUT2D eigenvalue weighted by Crippen LogP contribution is 2.11. The van der Waals surface area contributed by atoms with Gasteiger partial charge in [0.1, 0.15) is 19.3 Å². The first kappa shape index (κ1) is 41.3. The van der Waals surface area contributed by atoms with Crippen LogP contribution in [0.4, 0.5) is 0 Å². The van der Waals surface area contributed by atoms with Gasteiger partial charge in [0.05, 0.1) is 12.2 Å². The van der Waals surface area contributed by atoms with Gasteiger partial charge in [-0.3, -0.25) is 9.59 Å². The van der Waals surface area contributed by atoms with Crippen molar-refractivity contribution in [2.75, 3.05) is 13.2 Å². The molecule has 0 radical (unpaired) electrons. The molecule has 0 fully saturated rings. The predicted molar refractivity (Wildman–Crippen MR) is 180 cm³/mol. The molecule has 0 aliphatic heterocycles. The van der Waals surface area contributed by atoms with Crippen molar-refractivity contribution in [3.05, 3.63) is 72.9 Å². The summed E-state index contributed by atoms with van der Waals surface area (Å²) in [7, 11) is 0. The molecule has 0 aromatic heterocycles. The van der Waals surface area contributed by atoms with Gasteiger partial charge in [0.2, 0.25) is 0 Å². The molecule has 0 aliphatic rings. The van der Waals surface area contributed by atoms with Crippen molar-refractivity contribution in [1.29, 1.82) is 0 Å². The third-order valence-corrected chi connectivity index (χ3v) is 6.63. The van der Waals surface area contributed by atoms with Crippen LogP contribution in [0.2, 0.25) is 0 Å². The largest absolute Gasteiger partial charge is 0.463 e. The maximum absolute atomic E-state index is 11.9. The van der Waals surface area contributed by atoms with Gasteiger partial charge in [-0.2, -0.15) is 0 Å². The fourth-order valence-electron chi connectivity index (χ4n) is 4.06. The van der Waals surface area contributed by atoms with E-state index in [4.69, 9.17) is 9.47 Å². The Morgan fingerprint density at radius 2 is 1.18 bits per heavy atom. The second-order valence-electron chi connectivity index (χ2n) is 11.0. The van der Waals surface area contributed by atoms with Crippen LogP contribution < -0.4 is 0 Å². The Morgan fingerprint density at radius 3 is 1.80 bits per heavy atom. The van der Waals surface area contributed by atoms with E-state index in [1.165, 1.54) is 38.5 Å². The second kappa shape index (κ2) is 31.7. The van der Waals surface area contributed by atoms with E-state index in [0.29, 0.717) is 25.7 Å². The molecule has 0 bridgehead atoms. The van der Waals surface area contributed by atoms with Crippen LogP contribution in [0, 0.1) is 0 Å². The maximum Gasteiger partial charge on any atom is 0.305 e. The Morgan fingerprint density at radius 1 is 0.614 bits per heavy atom. The number of esters is 2. The van der Waals surface area contributed by atoms with Gasteiger partial charge in [-0.05, 0) is 38.5 Å². The molecule has 0 unspecified atom stereocenters. The predicted octanol–water partition coefficient (Wildman–Crippen LogP) is 7.77. The molecular formula is C37H60O7. The summed E-state index contributed by atoms with van der Waals surface area (Å²) in [5.41, 5.74) is 0. The number of hydrogen-bond donors (Lipinski definition) is 3. The van der Waals surface area contributed by atoms with Gasteiger partial charge in [0.15, 0.2) is 0 Å². The first-order valence-corrected chi connectivity index (χ1v) is 16.7. The van der Waals surface area contributed by atoms with Gasteiger partial charge in [0, 0.05) is 12.8 Å². The van der Waals surface area contributed by atoms with Gasteiger partial charge in [-0.25, -0.2) is 0 Å². The summed E-state index contributed by atoms with van der Waals surface area (Å²) in [6.07, 6.45) is 34.6. The number of aliphatic hydroxyl groups excluding tert-OH is 3. The molecular weight excluding hydrogens is 556 g/mol. The van der Waals surface area contributed by atoms with E-state index in [1.54, 1.807) is 24.3 Å². The Hall–Kier alpha value is -2.74. The molecule has 0 amide bonds. The van der Waals surface area contributed by atoms with Crippen molar-refractivity contribution in [3.8, 4) is 0 Å². The lowest BCUT2D eigenvalue weighted by Gasteiger charge is -2.12. The zero-order valence-electron chi connectivity index (χ0n) is 27.4. The first-order valence-electron chi connectivity index (χ1n) is 16.7. The monoisotopic (exact) mass is 616 g/mol. The minimum absolute atomic E-state index is 0.177. The number of hydrogen-bond acceptors (Lipinski definition) is 7. The molecule has 0 spiro atoms. The van der Waals surface area contributed by atoms with Crippen LogP contribution in [-0.2, 0) is 19.1 Å². The van der Waals surface area contributed by atoms with Crippen molar-refractivity contribution < 1.29 is 34.4 Å². The minimum atomic E-state index is -1.04. The van der Waals surface area contributed by atoms with E-state index in [2.05, 4.69) is 13.8 Å². The van der Waals surface area contributed by atoms with E-state index in [0.717, 1.165) is 32.1 Å². The van der Waals surface area contributed by atoms with Crippen LogP contribution in [0.3, 0.4) is 0 Å². The third-order valence-electron chi connectivity index (χ3n) is 6.63. The molecule has 0 saturated carbocycles. The lowest BCUT2D eigenvalue weighted by atomic mass is 10.1. The minimum Gasteiger partial charge on any atom is -0.463 e. The lowest BCUT2D eigenvalue weighted by Crippen LogP contribution is -2.25. The summed E-state index contributed by atoms with van der Waals surface area (Å²) in [6, 6.07) is 0. The Bertz CT molecular complexity index is 869. The fourth-order valence-corrected chi connectivity index (χ4v) is 4.06. The molecule has 7 nitrogen and oxygen atoms in total. The van der Waals surface area contributed by atoms with E-state index in [1.807, 2.05) is 48.6 Å². The maximum atomic E-state index is 11.9. The van der Waals surface area contributed by atoms with Crippen molar-refractivity contribution in [1.82, 2.24) is 0 Å². The van der Waals surface area contributed by atoms with Crippen molar-refractivity contribution in [2.45, 2.75) is 135 Å². The molecule has 0 aromatic carbocycles. The number of carbonyl (C=O) groups is 2. The number of allylic oxidation sites excluding steroid dienone is 8. The van der Waals surface area contributed by atoms with Gasteiger partial charge in [-0.15, -0.1) is 0 Å². The topological polar surface area (TPSA) is 113 Å². The van der Waals surface area contributed by atoms with E-state index in [9.17, 15) is 24.9 Å². The third kappa shape index (κ3) is 30.7. The first-order chi connectivity index (χ1) is 21.4. The van der Waals surface area contributed by atoms with Gasteiger partial charge < -0.3 is 24.8 Å². The molecule has 0 aromatic rings. The number of aliphatic hydroxyl groups is 3. The summed E-state index contributed by atoms with van der Waals surface area (Å²) in [6.45, 7) is 3.89. The summed E-state index contributed by atoms with van der Waals surface area (Å²) >= 11 is 0. The van der Waals surface area contributed by atoms with Crippen LogP contribution in [0.25, 0.3) is 0 Å². The lowest BCUT2D eigenvalue weighted by molar-refractivity contribution is -0.152.